The van der Waals surface area contributed by atoms with E-state index in [0.29, 0.717) is 10.8 Å². The van der Waals surface area contributed by atoms with Gasteiger partial charge in [0.15, 0.2) is 0 Å². The Labute approximate surface area is 114 Å². The van der Waals surface area contributed by atoms with Gasteiger partial charge < -0.3 is 10.6 Å². The SMILES string of the molecule is CC(C)C(C)(C)CNCC(C)(C)C1CCCNC1. The molecule has 2 heteroatoms. The van der Waals surface area contributed by atoms with Crippen LogP contribution in [0.25, 0.3) is 0 Å². The maximum atomic E-state index is 3.72. The van der Waals surface area contributed by atoms with Crippen LogP contribution in [0.2, 0.25) is 0 Å². The van der Waals surface area contributed by atoms with E-state index in [9.17, 15) is 0 Å². The summed E-state index contributed by atoms with van der Waals surface area (Å²) in [6.07, 6.45) is 2.72. The summed E-state index contributed by atoms with van der Waals surface area (Å²) in [4.78, 5) is 0. The molecule has 108 valence electrons. The van der Waals surface area contributed by atoms with Crippen molar-refractivity contribution >= 4 is 0 Å². The van der Waals surface area contributed by atoms with Crippen molar-refractivity contribution in [2.45, 2.75) is 54.4 Å². The topological polar surface area (TPSA) is 24.1 Å². The lowest BCUT2D eigenvalue weighted by molar-refractivity contribution is 0.152. The molecule has 0 aromatic rings. The molecule has 1 saturated heterocycles. The highest BCUT2D eigenvalue weighted by molar-refractivity contribution is 4.85. The zero-order valence-electron chi connectivity index (χ0n) is 13.4. The molecule has 0 spiro atoms. The van der Waals surface area contributed by atoms with Crippen molar-refractivity contribution in [2.75, 3.05) is 26.2 Å². The van der Waals surface area contributed by atoms with Crippen molar-refractivity contribution in [3.05, 3.63) is 0 Å². The number of hydrogen-bond donors (Lipinski definition) is 2. The van der Waals surface area contributed by atoms with Crippen molar-refractivity contribution in [1.82, 2.24) is 10.6 Å². The minimum Gasteiger partial charge on any atom is -0.316 e. The lowest BCUT2D eigenvalue weighted by atomic mass is 9.74. The molecule has 0 aliphatic carbocycles. The zero-order chi connectivity index (χ0) is 13.8. The predicted molar refractivity (Wildman–Crippen MR) is 80.9 cm³/mol. The molecule has 1 heterocycles. The summed E-state index contributed by atoms with van der Waals surface area (Å²) in [5.74, 6) is 1.55. The van der Waals surface area contributed by atoms with Crippen LogP contribution in [0.15, 0.2) is 0 Å². The van der Waals surface area contributed by atoms with Crippen LogP contribution in [0.5, 0.6) is 0 Å². The maximum Gasteiger partial charge on any atom is 0.000588 e. The second-order valence-corrected chi connectivity index (χ2v) is 7.78. The second-order valence-electron chi connectivity index (χ2n) is 7.78. The summed E-state index contributed by atoms with van der Waals surface area (Å²) in [5.41, 5.74) is 0.793. The molecule has 2 nitrogen and oxygen atoms in total. The van der Waals surface area contributed by atoms with Crippen molar-refractivity contribution in [1.29, 1.82) is 0 Å². The van der Waals surface area contributed by atoms with Crippen LogP contribution in [-0.2, 0) is 0 Å². The lowest BCUT2D eigenvalue weighted by Gasteiger charge is -2.39. The monoisotopic (exact) mass is 254 g/mol. The third kappa shape index (κ3) is 4.55. The van der Waals surface area contributed by atoms with Crippen LogP contribution in [0.3, 0.4) is 0 Å². The maximum absolute atomic E-state index is 3.72. The molecular weight excluding hydrogens is 220 g/mol. The second kappa shape index (κ2) is 6.38. The van der Waals surface area contributed by atoms with Crippen LogP contribution in [0.4, 0.5) is 0 Å². The fraction of sp³-hybridized carbons (Fsp3) is 1.00. The molecule has 1 atom stereocenters. The van der Waals surface area contributed by atoms with Crippen LogP contribution >= 0.6 is 0 Å². The van der Waals surface area contributed by atoms with Crippen LogP contribution in [-0.4, -0.2) is 26.2 Å². The molecule has 1 rings (SSSR count). The van der Waals surface area contributed by atoms with Crippen molar-refractivity contribution in [3.63, 3.8) is 0 Å². The molecule has 18 heavy (non-hydrogen) atoms. The van der Waals surface area contributed by atoms with Gasteiger partial charge in [0.1, 0.15) is 0 Å². The summed E-state index contributed by atoms with van der Waals surface area (Å²) >= 11 is 0. The Balaban J connectivity index is 2.37. The quantitative estimate of drug-likeness (QED) is 0.760. The minimum absolute atomic E-state index is 0.390. The van der Waals surface area contributed by atoms with Gasteiger partial charge in [0.2, 0.25) is 0 Å². The van der Waals surface area contributed by atoms with Crippen molar-refractivity contribution in [3.8, 4) is 0 Å². The van der Waals surface area contributed by atoms with E-state index in [-0.39, 0.29) is 0 Å². The third-order valence-corrected chi connectivity index (χ3v) is 5.13. The highest BCUT2D eigenvalue weighted by Gasteiger charge is 2.31. The Bertz CT molecular complexity index is 237. The van der Waals surface area contributed by atoms with Crippen molar-refractivity contribution in [2.24, 2.45) is 22.7 Å². The average molecular weight is 254 g/mol. The molecule has 2 N–H and O–H groups in total. The number of hydrogen-bond acceptors (Lipinski definition) is 2. The first-order valence-electron chi connectivity index (χ1n) is 7.67. The van der Waals surface area contributed by atoms with E-state index in [1.165, 1.54) is 25.9 Å². The highest BCUT2D eigenvalue weighted by Crippen LogP contribution is 2.31. The van der Waals surface area contributed by atoms with Crippen LogP contribution in [0.1, 0.15) is 54.4 Å². The van der Waals surface area contributed by atoms with Gasteiger partial charge in [-0.15, -0.1) is 0 Å². The molecule has 1 aliphatic heterocycles. The fourth-order valence-corrected chi connectivity index (χ4v) is 2.57. The Hall–Kier alpha value is -0.0800. The molecule has 0 radical (unpaired) electrons. The summed E-state index contributed by atoms with van der Waals surface area (Å²) < 4.78 is 0. The third-order valence-electron chi connectivity index (χ3n) is 5.13. The lowest BCUT2D eigenvalue weighted by Crippen LogP contribution is -2.45. The van der Waals surface area contributed by atoms with E-state index in [0.717, 1.165) is 24.9 Å². The summed E-state index contributed by atoms with van der Waals surface area (Å²) in [6.45, 7) is 18.8. The first kappa shape index (κ1) is 16.0. The smallest absolute Gasteiger partial charge is 0.000588 e. The van der Waals surface area contributed by atoms with Crippen molar-refractivity contribution < 1.29 is 0 Å². The molecule has 0 saturated carbocycles. The zero-order valence-corrected chi connectivity index (χ0v) is 13.4. The summed E-state index contributed by atoms with van der Waals surface area (Å²) in [5, 5.41) is 7.25. The van der Waals surface area contributed by atoms with Gasteiger partial charge in [-0.1, -0.05) is 41.5 Å². The van der Waals surface area contributed by atoms with Gasteiger partial charge in [0, 0.05) is 13.1 Å². The van der Waals surface area contributed by atoms with Gasteiger partial charge in [0.05, 0.1) is 0 Å². The molecule has 0 bridgehead atoms. The van der Waals surface area contributed by atoms with Crippen LogP contribution < -0.4 is 10.6 Å². The molecular formula is C16H34N2. The van der Waals surface area contributed by atoms with Crippen LogP contribution in [0, 0.1) is 22.7 Å². The van der Waals surface area contributed by atoms with E-state index in [4.69, 9.17) is 0 Å². The Kier molecular flexibility index (Phi) is 5.67. The number of rotatable bonds is 6. The van der Waals surface area contributed by atoms with Gasteiger partial charge in [0.25, 0.3) is 0 Å². The Morgan fingerprint density at radius 1 is 1.17 bits per heavy atom. The number of nitrogens with one attached hydrogen (secondary N) is 2. The molecule has 1 aliphatic rings. The molecule has 0 amide bonds. The van der Waals surface area contributed by atoms with E-state index >= 15 is 0 Å². The molecule has 1 unspecified atom stereocenters. The number of piperidine rings is 1. The standard InChI is InChI=1S/C16H34N2/c1-13(2)15(3,4)11-18-12-16(5,6)14-8-7-9-17-10-14/h13-14,17-18H,7-12H2,1-6H3. The minimum atomic E-state index is 0.390. The highest BCUT2D eigenvalue weighted by atomic mass is 14.9. The van der Waals surface area contributed by atoms with Gasteiger partial charge in [-0.25, -0.2) is 0 Å². The average Bonchev–Trinajstić information content (AvgIpc) is 2.29. The van der Waals surface area contributed by atoms with E-state index in [2.05, 4.69) is 52.2 Å². The summed E-state index contributed by atoms with van der Waals surface area (Å²) in [6, 6.07) is 0. The van der Waals surface area contributed by atoms with Gasteiger partial charge in [-0.2, -0.15) is 0 Å². The first-order valence-corrected chi connectivity index (χ1v) is 7.67. The molecule has 1 fully saturated rings. The van der Waals surface area contributed by atoms with Gasteiger partial charge >= 0.3 is 0 Å². The van der Waals surface area contributed by atoms with Gasteiger partial charge in [-0.3, -0.25) is 0 Å². The molecule has 0 aromatic carbocycles. The fourth-order valence-electron chi connectivity index (χ4n) is 2.57. The van der Waals surface area contributed by atoms with E-state index in [1.54, 1.807) is 0 Å². The largest absolute Gasteiger partial charge is 0.316 e. The van der Waals surface area contributed by atoms with E-state index in [1.807, 2.05) is 0 Å². The Morgan fingerprint density at radius 3 is 2.33 bits per heavy atom. The molecule has 0 aromatic heterocycles. The summed E-state index contributed by atoms with van der Waals surface area (Å²) in [7, 11) is 0. The van der Waals surface area contributed by atoms with Gasteiger partial charge in [-0.05, 0) is 48.6 Å². The first-order chi connectivity index (χ1) is 8.26. The van der Waals surface area contributed by atoms with E-state index < -0.39 is 0 Å². The normalized spacial score (nSPS) is 22.5. The predicted octanol–water partition coefficient (Wildman–Crippen LogP) is 3.28. The Morgan fingerprint density at radius 2 is 1.83 bits per heavy atom.